The number of amidine groups is 1. The zero-order valence-corrected chi connectivity index (χ0v) is 12.3. The maximum absolute atomic E-state index is 4.80. The van der Waals surface area contributed by atoms with Gasteiger partial charge in [0.1, 0.15) is 0 Å². The van der Waals surface area contributed by atoms with Gasteiger partial charge in [0.2, 0.25) is 0 Å². The minimum absolute atomic E-state index is 0.235. The van der Waals surface area contributed by atoms with Crippen LogP contribution in [0, 0.1) is 0 Å². The van der Waals surface area contributed by atoms with Crippen LogP contribution < -0.4 is 5.32 Å². The molecule has 17 heavy (non-hydrogen) atoms. The van der Waals surface area contributed by atoms with Crippen molar-refractivity contribution in [2.24, 2.45) is 4.99 Å². The third-order valence-corrected chi connectivity index (χ3v) is 5.28. The highest BCUT2D eigenvalue weighted by atomic mass is 32.2. The third kappa shape index (κ3) is 3.26. The van der Waals surface area contributed by atoms with Crippen molar-refractivity contribution in [3.63, 3.8) is 0 Å². The molecule has 4 heteroatoms. The fourth-order valence-electron chi connectivity index (χ4n) is 1.83. The van der Waals surface area contributed by atoms with E-state index in [9.17, 15) is 0 Å². The quantitative estimate of drug-likeness (QED) is 0.894. The largest absolute Gasteiger partial charge is 0.360 e. The van der Waals surface area contributed by atoms with Crippen LogP contribution in [-0.2, 0) is 0 Å². The van der Waals surface area contributed by atoms with E-state index in [1.54, 1.807) is 11.3 Å². The summed E-state index contributed by atoms with van der Waals surface area (Å²) in [7, 11) is 0. The Morgan fingerprint density at radius 2 is 2.41 bits per heavy atom. The molecule has 0 aliphatic carbocycles. The van der Waals surface area contributed by atoms with Gasteiger partial charge in [0, 0.05) is 16.2 Å². The molecule has 1 aliphatic heterocycles. The van der Waals surface area contributed by atoms with Gasteiger partial charge in [-0.2, -0.15) is 0 Å². The third-order valence-electron chi connectivity index (χ3n) is 3.35. The van der Waals surface area contributed by atoms with Crippen molar-refractivity contribution >= 4 is 28.3 Å². The van der Waals surface area contributed by atoms with Crippen LogP contribution in [0.1, 0.15) is 44.5 Å². The molecule has 2 nitrogen and oxygen atoms in total. The molecule has 0 spiro atoms. The van der Waals surface area contributed by atoms with E-state index in [0.717, 1.165) is 11.6 Å². The molecule has 1 fully saturated rings. The summed E-state index contributed by atoms with van der Waals surface area (Å²) >= 11 is 3.63. The second kappa shape index (κ2) is 5.44. The van der Waals surface area contributed by atoms with E-state index >= 15 is 0 Å². The SMILES string of the molecule is CCC1(C)CCSC(=NC(C)c2cccs2)N1. The minimum atomic E-state index is 0.235. The van der Waals surface area contributed by atoms with Crippen molar-refractivity contribution < 1.29 is 0 Å². The Labute approximate surface area is 112 Å². The van der Waals surface area contributed by atoms with Crippen LogP contribution in [0.5, 0.6) is 0 Å². The molecule has 0 bridgehead atoms. The average Bonchev–Trinajstić information content (AvgIpc) is 2.82. The fourth-order valence-corrected chi connectivity index (χ4v) is 3.85. The first-order chi connectivity index (χ1) is 8.13. The van der Waals surface area contributed by atoms with Crippen molar-refractivity contribution in [2.75, 3.05) is 5.75 Å². The van der Waals surface area contributed by atoms with Gasteiger partial charge in [0.25, 0.3) is 0 Å². The molecule has 1 aromatic rings. The van der Waals surface area contributed by atoms with Crippen LogP contribution >= 0.6 is 23.1 Å². The second-order valence-electron chi connectivity index (χ2n) is 4.76. The minimum Gasteiger partial charge on any atom is -0.360 e. The van der Waals surface area contributed by atoms with Crippen molar-refractivity contribution in [1.82, 2.24) is 5.32 Å². The molecule has 0 radical (unpaired) electrons. The van der Waals surface area contributed by atoms with Gasteiger partial charge in [-0.3, -0.25) is 4.99 Å². The van der Waals surface area contributed by atoms with E-state index in [4.69, 9.17) is 4.99 Å². The van der Waals surface area contributed by atoms with Crippen molar-refractivity contribution in [3.8, 4) is 0 Å². The average molecular weight is 268 g/mol. The predicted octanol–water partition coefficient (Wildman–Crippen LogP) is 4.06. The summed E-state index contributed by atoms with van der Waals surface area (Å²) in [5.41, 5.74) is 0.235. The molecule has 2 atom stereocenters. The Hall–Kier alpha value is -0.480. The number of nitrogens with zero attached hydrogens (tertiary/aromatic N) is 1. The van der Waals surface area contributed by atoms with Gasteiger partial charge in [-0.15, -0.1) is 11.3 Å². The summed E-state index contributed by atoms with van der Waals surface area (Å²) in [6, 6.07) is 4.52. The van der Waals surface area contributed by atoms with E-state index in [1.807, 2.05) is 11.8 Å². The van der Waals surface area contributed by atoms with Crippen LogP contribution in [0.3, 0.4) is 0 Å². The lowest BCUT2D eigenvalue weighted by Crippen LogP contribution is -2.48. The van der Waals surface area contributed by atoms with Gasteiger partial charge in [-0.25, -0.2) is 0 Å². The van der Waals surface area contributed by atoms with Crippen LogP contribution in [0.25, 0.3) is 0 Å². The Morgan fingerprint density at radius 3 is 3.06 bits per heavy atom. The highest BCUT2D eigenvalue weighted by Crippen LogP contribution is 2.28. The monoisotopic (exact) mass is 268 g/mol. The summed E-state index contributed by atoms with van der Waals surface area (Å²) in [5.74, 6) is 1.17. The molecule has 2 rings (SSSR count). The number of aliphatic imine (C=N–C) groups is 1. The van der Waals surface area contributed by atoms with E-state index in [-0.39, 0.29) is 11.6 Å². The Kier molecular flexibility index (Phi) is 4.15. The van der Waals surface area contributed by atoms with Crippen LogP contribution in [-0.4, -0.2) is 16.5 Å². The van der Waals surface area contributed by atoms with Crippen LogP contribution in [0.2, 0.25) is 0 Å². The molecule has 1 aliphatic rings. The zero-order chi connectivity index (χ0) is 12.3. The van der Waals surface area contributed by atoms with Crippen molar-refractivity contribution in [2.45, 2.75) is 45.2 Å². The van der Waals surface area contributed by atoms with Gasteiger partial charge < -0.3 is 5.32 Å². The normalized spacial score (nSPS) is 29.0. The summed E-state index contributed by atoms with van der Waals surface area (Å²) in [5, 5.41) is 6.82. The number of hydrogen-bond acceptors (Lipinski definition) is 3. The molecule has 2 heterocycles. The van der Waals surface area contributed by atoms with Gasteiger partial charge in [0.05, 0.1) is 6.04 Å². The van der Waals surface area contributed by atoms with Gasteiger partial charge in [-0.05, 0) is 38.1 Å². The number of rotatable bonds is 3. The molecule has 1 aromatic heterocycles. The van der Waals surface area contributed by atoms with E-state index < -0.39 is 0 Å². The maximum atomic E-state index is 4.80. The first kappa shape index (κ1) is 13.0. The first-order valence-electron chi connectivity index (χ1n) is 6.15. The number of hydrogen-bond donors (Lipinski definition) is 1. The molecule has 0 saturated carbocycles. The number of nitrogens with one attached hydrogen (secondary N) is 1. The molecular weight excluding hydrogens is 248 g/mol. The number of thiophene rings is 1. The van der Waals surface area contributed by atoms with E-state index in [0.29, 0.717) is 0 Å². The first-order valence-corrected chi connectivity index (χ1v) is 8.02. The lowest BCUT2D eigenvalue weighted by molar-refractivity contribution is 0.389. The van der Waals surface area contributed by atoms with Gasteiger partial charge in [-0.1, -0.05) is 24.8 Å². The number of thioether (sulfide) groups is 1. The van der Waals surface area contributed by atoms with Gasteiger partial charge >= 0.3 is 0 Å². The van der Waals surface area contributed by atoms with E-state index in [1.165, 1.54) is 17.1 Å². The second-order valence-corrected chi connectivity index (χ2v) is 6.83. The Morgan fingerprint density at radius 1 is 1.59 bits per heavy atom. The Balaban J connectivity index is 2.06. The fraction of sp³-hybridized carbons (Fsp3) is 0.615. The van der Waals surface area contributed by atoms with Crippen molar-refractivity contribution in [1.29, 1.82) is 0 Å². The van der Waals surface area contributed by atoms with Crippen LogP contribution in [0.4, 0.5) is 0 Å². The highest BCUT2D eigenvalue weighted by molar-refractivity contribution is 8.13. The molecule has 2 unspecified atom stereocenters. The summed E-state index contributed by atoms with van der Waals surface area (Å²) in [6.45, 7) is 6.69. The molecule has 94 valence electrons. The highest BCUT2D eigenvalue weighted by Gasteiger charge is 2.27. The van der Waals surface area contributed by atoms with Gasteiger partial charge in [0.15, 0.2) is 5.17 Å². The molecule has 1 N–H and O–H groups in total. The summed E-state index contributed by atoms with van der Waals surface area (Å²) < 4.78 is 0. The molecular formula is C13H20N2S2. The Bertz CT molecular complexity index is 386. The maximum Gasteiger partial charge on any atom is 0.157 e. The molecule has 0 aromatic carbocycles. The van der Waals surface area contributed by atoms with Crippen molar-refractivity contribution in [3.05, 3.63) is 22.4 Å². The van der Waals surface area contributed by atoms with E-state index in [2.05, 4.69) is 43.6 Å². The summed E-state index contributed by atoms with van der Waals surface area (Å²) in [6.07, 6.45) is 2.38. The van der Waals surface area contributed by atoms with Crippen LogP contribution in [0.15, 0.2) is 22.5 Å². The standard InChI is InChI=1S/C13H20N2S2/c1-4-13(3)7-9-17-12(15-13)14-10(2)11-6-5-8-16-11/h5-6,8,10H,4,7,9H2,1-3H3,(H,14,15). The zero-order valence-electron chi connectivity index (χ0n) is 10.7. The molecule has 1 saturated heterocycles. The predicted molar refractivity (Wildman–Crippen MR) is 79.1 cm³/mol. The lowest BCUT2D eigenvalue weighted by Gasteiger charge is -2.35. The molecule has 0 amide bonds. The topological polar surface area (TPSA) is 24.4 Å². The lowest BCUT2D eigenvalue weighted by atomic mass is 9.96. The smallest absolute Gasteiger partial charge is 0.157 e. The summed E-state index contributed by atoms with van der Waals surface area (Å²) in [4.78, 5) is 6.14.